The summed E-state index contributed by atoms with van der Waals surface area (Å²) in [5.41, 5.74) is 8.62. The van der Waals surface area contributed by atoms with Crippen molar-refractivity contribution in [2.45, 2.75) is 52.5 Å². The van der Waals surface area contributed by atoms with Crippen molar-refractivity contribution in [2.75, 3.05) is 5.73 Å². The lowest BCUT2D eigenvalue weighted by Crippen LogP contribution is -2.24. The molecule has 1 heterocycles. The van der Waals surface area contributed by atoms with Gasteiger partial charge in [-0.2, -0.15) is 0 Å². The number of imidazole rings is 1. The van der Waals surface area contributed by atoms with Crippen LogP contribution in [-0.4, -0.2) is 9.55 Å². The number of hydrogen-bond acceptors (Lipinski definition) is 2. The minimum Gasteiger partial charge on any atom is -0.384 e. The van der Waals surface area contributed by atoms with Gasteiger partial charge in [-0.25, -0.2) is 4.98 Å². The summed E-state index contributed by atoms with van der Waals surface area (Å²) in [6, 6.07) is 10.5. The molecule has 20 heavy (non-hydrogen) atoms. The number of aromatic nitrogens is 2. The zero-order valence-corrected chi connectivity index (χ0v) is 13.1. The molecule has 0 radical (unpaired) electrons. The second kappa shape index (κ2) is 5.31. The van der Waals surface area contributed by atoms with Crippen molar-refractivity contribution < 1.29 is 0 Å². The van der Waals surface area contributed by atoms with Crippen molar-refractivity contribution in [2.24, 2.45) is 0 Å². The summed E-state index contributed by atoms with van der Waals surface area (Å²) in [6.07, 6.45) is 0.875. The maximum atomic E-state index is 6.32. The molecule has 2 N–H and O–H groups in total. The number of nitrogens with two attached hydrogens (primary N) is 1. The Kier molecular flexibility index (Phi) is 3.89. The van der Waals surface area contributed by atoms with Gasteiger partial charge in [0.2, 0.25) is 0 Å². The Balaban J connectivity index is 2.27. The largest absolute Gasteiger partial charge is 0.384 e. The van der Waals surface area contributed by atoms with Gasteiger partial charge in [0.15, 0.2) is 0 Å². The monoisotopic (exact) mass is 271 g/mol. The van der Waals surface area contributed by atoms with Crippen LogP contribution in [0.4, 0.5) is 5.82 Å². The first-order chi connectivity index (χ1) is 9.30. The van der Waals surface area contributed by atoms with Crippen LogP contribution in [0.3, 0.4) is 0 Å². The van der Waals surface area contributed by atoms with Crippen LogP contribution in [0.5, 0.6) is 0 Å². The molecule has 0 amide bonds. The van der Waals surface area contributed by atoms with E-state index in [1.165, 1.54) is 5.56 Å². The smallest absolute Gasteiger partial charge is 0.127 e. The number of nitrogen functional groups attached to an aromatic ring is 1. The highest BCUT2D eigenvalue weighted by Crippen LogP contribution is 2.28. The van der Waals surface area contributed by atoms with Gasteiger partial charge in [-0.05, 0) is 45.6 Å². The highest BCUT2D eigenvalue weighted by Gasteiger charge is 2.22. The highest BCUT2D eigenvalue weighted by molar-refractivity contribution is 5.40. The maximum absolute atomic E-state index is 6.32. The molecule has 0 aliphatic heterocycles. The number of anilines is 1. The number of aryl methyl sites for hydroxylation is 1. The molecule has 0 aliphatic rings. The summed E-state index contributed by atoms with van der Waals surface area (Å²) in [6.45, 7) is 10.7. The quantitative estimate of drug-likeness (QED) is 0.920. The fourth-order valence-corrected chi connectivity index (χ4v) is 2.79. The SMILES string of the molecule is Cc1nc(CC(C)c2ccccc2)c(N)n1C(C)(C)C. The van der Waals surface area contributed by atoms with E-state index in [4.69, 9.17) is 5.73 Å². The molecule has 1 aromatic heterocycles. The Hall–Kier alpha value is -1.77. The first-order valence-electron chi connectivity index (χ1n) is 7.20. The molecule has 1 atom stereocenters. The summed E-state index contributed by atoms with van der Waals surface area (Å²) < 4.78 is 2.13. The second-order valence-electron chi connectivity index (χ2n) is 6.51. The van der Waals surface area contributed by atoms with Gasteiger partial charge in [0.05, 0.1) is 5.69 Å². The molecule has 3 heteroatoms. The van der Waals surface area contributed by atoms with E-state index in [1.54, 1.807) is 0 Å². The van der Waals surface area contributed by atoms with E-state index in [0.29, 0.717) is 5.92 Å². The van der Waals surface area contributed by atoms with E-state index in [1.807, 2.05) is 13.0 Å². The van der Waals surface area contributed by atoms with Gasteiger partial charge in [-0.3, -0.25) is 0 Å². The fourth-order valence-electron chi connectivity index (χ4n) is 2.79. The molecular weight excluding hydrogens is 246 g/mol. The summed E-state index contributed by atoms with van der Waals surface area (Å²) in [7, 11) is 0. The van der Waals surface area contributed by atoms with E-state index >= 15 is 0 Å². The minimum atomic E-state index is -0.0323. The van der Waals surface area contributed by atoms with Crippen molar-refractivity contribution in [3.05, 3.63) is 47.4 Å². The number of benzene rings is 1. The van der Waals surface area contributed by atoms with Crippen molar-refractivity contribution in [1.29, 1.82) is 0 Å². The van der Waals surface area contributed by atoms with E-state index in [2.05, 4.69) is 61.5 Å². The first kappa shape index (κ1) is 14.6. The Morgan fingerprint density at radius 1 is 1.20 bits per heavy atom. The summed E-state index contributed by atoms with van der Waals surface area (Å²) >= 11 is 0. The molecule has 1 aromatic carbocycles. The highest BCUT2D eigenvalue weighted by atomic mass is 15.2. The molecular formula is C17H25N3. The molecule has 0 bridgehead atoms. The average molecular weight is 271 g/mol. The lowest BCUT2D eigenvalue weighted by atomic mass is 9.96. The third kappa shape index (κ3) is 2.87. The Morgan fingerprint density at radius 3 is 2.30 bits per heavy atom. The molecule has 0 spiro atoms. The zero-order valence-electron chi connectivity index (χ0n) is 13.1. The molecule has 108 valence electrons. The normalized spacial score (nSPS) is 13.4. The third-order valence-corrected chi connectivity index (χ3v) is 3.70. The molecule has 0 fully saturated rings. The van der Waals surface area contributed by atoms with E-state index in [9.17, 15) is 0 Å². The van der Waals surface area contributed by atoms with E-state index < -0.39 is 0 Å². The lowest BCUT2D eigenvalue weighted by molar-refractivity contribution is 0.393. The van der Waals surface area contributed by atoms with Crippen molar-refractivity contribution in [3.63, 3.8) is 0 Å². The van der Waals surface area contributed by atoms with Gasteiger partial charge in [-0.15, -0.1) is 0 Å². The molecule has 2 rings (SSSR count). The number of rotatable bonds is 3. The van der Waals surface area contributed by atoms with Crippen LogP contribution in [0.1, 0.15) is 50.7 Å². The maximum Gasteiger partial charge on any atom is 0.127 e. The van der Waals surface area contributed by atoms with E-state index in [-0.39, 0.29) is 5.54 Å². The van der Waals surface area contributed by atoms with Gasteiger partial charge in [-0.1, -0.05) is 37.3 Å². The summed E-state index contributed by atoms with van der Waals surface area (Å²) in [5.74, 6) is 2.21. The predicted octanol–water partition coefficient (Wildman–Crippen LogP) is 3.87. The molecule has 1 unspecified atom stereocenters. The van der Waals surface area contributed by atoms with Crippen LogP contribution in [0, 0.1) is 6.92 Å². The zero-order chi connectivity index (χ0) is 14.9. The molecule has 3 nitrogen and oxygen atoms in total. The molecule has 0 saturated carbocycles. The minimum absolute atomic E-state index is 0.0323. The molecule has 0 aliphatic carbocycles. The number of hydrogen-bond donors (Lipinski definition) is 1. The van der Waals surface area contributed by atoms with Gasteiger partial charge in [0.1, 0.15) is 11.6 Å². The van der Waals surface area contributed by atoms with Crippen molar-refractivity contribution in [3.8, 4) is 0 Å². The second-order valence-corrected chi connectivity index (χ2v) is 6.51. The number of nitrogens with zero attached hydrogens (tertiary/aromatic N) is 2. The van der Waals surface area contributed by atoms with Gasteiger partial charge in [0.25, 0.3) is 0 Å². The van der Waals surface area contributed by atoms with Gasteiger partial charge < -0.3 is 10.3 Å². The van der Waals surface area contributed by atoms with Crippen LogP contribution in [-0.2, 0) is 12.0 Å². The summed E-state index contributed by atoms with van der Waals surface area (Å²) in [5, 5.41) is 0. The molecule has 2 aromatic rings. The van der Waals surface area contributed by atoms with Crippen molar-refractivity contribution >= 4 is 5.82 Å². The topological polar surface area (TPSA) is 43.8 Å². The van der Waals surface area contributed by atoms with Crippen LogP contribution in [0.15, 0.2) is 30.3 Å². The Bertz CT molecular complexity index is 576. The first-order valence-corrected chi connectivity index (χ1v) is 7.20. The van der Waals surface area contributed by atoms with Crippen LogP contribution in [0.2, 0.25) is 0 Å². The van der Waals surface area contributed by atoms with Crippen LogP contribution in [0.25, 0.3) is 0 Å². The van der Waals surface area contributed by atoms with Gasteiger partial charge >= 0.3 is 0 Å². The average Bonchev–Trinajstić information content (AvgIpc) is 2.64. The summed E-state index contributed by atoms with van der Waals surface area (Å²) in [4.78, 5) is 4.68. The van der Waals surface area contributed by atoms with Crippen molar-refractivity contribution in [1.82, 2.24) is 9.55 Å². The van der Waals surface area contributed by atoms with Crippen LogP contribution >= 0.6 is 0 Å². The standard InChI is InChI=1S/C17H25N3/c1-12(14-9-7-6-8-10-14)11-15-16(18)20(13(2)19-15)17(3,4)5/h6-10,12H,11,18H2,1-5H3. The van der Waals surface area contributed by atoms with Gasteiger partial charge in [0, 0.05) is 5.54 Å². The Morgan fingerprint density at radius 2 is 1.80 bits per heavy atom. The predicted molar refractivity (Wildman–Crippen MR) is 84.9 cm³/mol. The van der Waals surface area contributed by atoms with Crippen LogP contribution < -0.4 is 5.73 Å². The lowest BCUT2D eigenvalue weighted by Gasteiger charge is -2.24. The fraction of sp³-hybridized carbons (Fsp3) is 0.471. The van der Waals surface area contributed by atoms with E-state index in [0.717, 1.165) is 23.8 Å². The third-order valence-electron chi connectivity index (χ3n) is 3.70. The molecule has 0 saturated heterocycles. The Labute approximate surface area is 121 Å².